The monoisotopic (exact) mass is 344 g/mol. The first-order valence-corrected chi connectivity index (χ1v) is 8.47. The van der Waals surface area contributed by atoms with Gasteiger partial charge in [0.25, 0.3) is 0 Å². The molecule has 0 atom stereocenters. The molecular weight excluding hydrogens is 324 g/mol. The molecule has 1 fully saturated rings. The maximum Gasteiger partial charge on any atom is 0.228 e. The summed E-state index contributed by atoms with van der Waals surface area (Å²) in [5.74, 6) is -0.0282. The van der Waals surface area contributed by atoms with Crippen molar-refractivity contribution < 1.29 is 9.53 Å². The number of hydrogen-bond acceptors (Lipinski definition) is 3. The number of morpholine rings is 1. The molecule has 126 valence electrons. The molecule has 0 saturated carbocycles. The van der Waals surface area contributed by atoms with Gasteiger partial charge >= 0.3 is 0 Å². The van der Waals surface area contributed by atoms with E-state index in [1.165, 1.54) is 0 Å². The molecule has 1 aliphatic rings. The standard InChI is InChI=1S/C19H21ClN2O2/c1-14-2-7-17(22-8-10-24-11-9-22)13-18(14)21-19(23)12-15-3-5-16(20)6-4-15/h2-7,13H,8-12H2,1H3,(H,21,23). The second-order valence-electron chi connectivity index (χ2n) is 5.95. The highest BCUT2D eigenvalue weighted by molar-refractivity contribution is 6.30. The van der Waals surface area contributed by atoms with Crippen molar-refractivity contribution in [2.75, 3.05) is 36.5 Å². The quantitative estimate of drug-likeness (QED) is 0.920. The Morgan fingerprint density at radius 1 is 1.17 bits per heavy atom. The lowest BCUT2D eigenvalue weighted by atomic mass is 10.1. The van der Waals surface area contributed by atoms with Crippen LogP contribution in [-0.2, 0) is 16.0 Å². The molecule has 0 bridgehead atoms. The van der Waals surface area contributed by atoms with Gasteiger partial charge in [-0.05, 0) is 42.3 Å². The van der Waals surface area contributed by atoms with Crippen LogP contribution in [0.25, 0.3) is 0 Å². The summed E-state index contributed by atoms with van der Waals surface area (Å²) in [6.07, 6.45) is 0.332. The molecule has 1 saturated heterocycles. The Hall–Kier alpha value is -2.04. The third kappa shape index (κ3) is 4.28. The fourth-order valence-electron chi connectivity index (χ4n) is 2.74. The van der Waals surface area contributed by atoms with Crippen molar-refractivity contribution in [3.63, 3.8) is 0 Å². The summed E-state index contributed by atoms with van der Waals surface area (Å²) in [5, 5.41) is 3.70. The molecule has 4 nitrogen and oxygen atoms in total. The minimum absolute atomic E-state index is 0.0282. The van der Waals surface area contributed by atoms with Crippen LogP contribution in [-0.4, -0.2) is 32.2 Å². The van der Waals surface area contributed by atoms with E-state index < -0.39 is 0 Å². The van der Waals surface area contributed by atoms with Gasteiger partial charge < -0.3 is 15.0 Å². The van der Waals surface area contributed by atoms with E-state index in [0.717, 1.165) is 48.8 Å². The molecular formula is C19H21ClN2O2. The highest BCUT2D eigenvalue weighted by atomic mass is 35.5. The summed E-state index contributed by atoms with van der Waals surface area (Å²) in [5.41, 5.74) is 3.97. The molecule has 0 radical (unpaired) electrons. The lowest BCUT2D eigenvalue weighted by Crippen LogP contribution is -2.36. The fourth-order valence-corrected chi connectivity index (χ4v) is 2.87. The number of benzene rings is 2. The van der Waals surface area contributed by atoms with E-state index in [9.17, 15) is 4.79 Å². The summed E-state index contributed by atoms with van der Waals surface area (Å²) < 4.78 is 5.39. The van der Waals surface area contributed by atoms with Crippen molar-refractivity contribution in [2.24, 2.45) is 0 Å². The largest absolute Gasteiger partial charge is 0.378 e. The highest BCUT2D eigenvalue weighted by Crippen LogP contribution is 2.24. The average Bonchev–Trinajstić information content (AvgIpc) is 2.60. The summed E-state index contributed by atoms with van der Waals surface area (Å²) in [7, 11) is 0. The second kappa shape index (κ2) is 7.69. The number of nitrogens with one attached hydrogen (secondary N) is 1. The van der Waals surface area contributed by atoms with Gasteiger partial charge in [0.1, 0.15) is 0 Å². The van der Waals surface area contributed by atoms with Crippen LogP contribution in [0.15, 0.2) is 42.5 Å². The van der Waals surface area contributed by atoms with Gasteiger partial charge in [-0.1, -0.05) is 29.8 Å². The van der Waals surface area contributed by atoms with Crippen LogP contribution in [0.4, 0.5) is 11.4 Å². The minimum Gasteiger partial charge on any atom is -0.378 e. The smallest absolute Gasteiger partial charge is 0.228 e. The Morgan fingerprint density at radius 3 is 2.58 bits per heavy atom. The van der Waals surface area contributed by atoms with E-state index in [2.05, 4.69) is 16.3 Å². The first-order valence-electron chi connectivity index (χ1n) is 8.09. The van der Waals surface area contributed by atoms with Crippen molar-refractivity contribution in [1.29, 1.82) is 0 Å². The first-order chi connectivity index (χ1) is 11.6. The maximum absolute atomic E-state index is 12.3. The van der Waals surface area contributed by atoms with Gasteiger partial charge in [0.15, 0.2) is 0 Å². The van der Waals surface area contributed by atoms with Gasteiger partial charge in [0, 0.05) is 29.5 Å². The molecule has 0 aliphatic carbocycles. The minimum atomic E-state index is -0.0282. The fraction of sp³-hybridized carbons (Fsp3) is 0.316. The van der Waals surface area contributed by atoms with Crippen molar-refractivity contribution in [3.8, 4) is 0 Å². The predicted octanol–water partition coefficient (Wildman–Crippen LogP) is 3.67. The van der Waals surface area contributed by atoms with Gasteiger partial charge in [0.05, 0.1) is 19.6 Å². The van der Waals surface area contributed by atoms with Crippen LogP contribution in [0.1, 0.15) is 11.1 Å². The van der Waals surface area contributed by atoms with Crippen LogP contribution in [0.3, 0.4) is 0 Å². The molecule has 0 spiro atoms. The zero-order chi connectivity index (χ0) is 16.9. The Kier molecular flexibility index (Phi) is 5.38. The molecule has 3 rings (SSSR count). The van der Waals surface area contributed by atoms with E-state index in [-0.39, 0.29) is 5.91 Å². The van der Waals surface area contributed by atoms with E-state index in [1.807, 2.05) is 31.2 Å². The third-order valence-corrected chi connectivity index (χ3v) is 4.40. The molecule has 1 N–H and O–H groups in total. The number of halogens is 1. The van der Waals surface area contributed by atoms with E-state index in [4.69, 9.17) is 16.3 Å². The summed E-state index contributed by atoms with van der Waals surface area (Å²) in [6.45, 7) is 5.24. The van der Waals surface area contributed by atoms with Crippen molar-refractivity contribution in [1.82, 2.24) is 0 Å². The van der Waals surface area contributed by atoms with E-state index >= 15 is 0 Å². The van der Waals surface area contributed by atoms with Gasteiger partial charge in [0.2, 0.25) is 5.91 Å². The number of rotatable bonds is 4. The lowest BCUT2D eigenvalue weighted by Gasteiger charge is -2.29. The Labute approximate surface area is 147 Å². The van der Waals surface area contributed by atoms with Crippen molar-refractivity contribution in [2.45, 2.75) is 13.3 Å². The maximum atomic E-state index is 12.3. The number of ether oxygens (including phenoxy) is 1. The van der Waals surface area contributed by atoms with Gasteiger partial charge in [-0.15, -0.1) is 0 Å². The summed E-state index contributed by atoms with van der Waals surface area (Å²) in [4.78, 5) is 14.6. The topological polar surface area (TPSA) is 41.6 Å². The zero-order valence-electron chi connectivity index (χ0n) is 13.7. The third-order valence-electron chi connectivity index (χ3n) is 4.15. The lowest BCUT2D eigenvalue weighted by molar-refractivity contribution is -0.115. The van der Waals surface area contributed by atoms with Crippen LogP contribution >= 0.6 is 11.6 Å². The molecule has 1 heterocycles. The number of anilines is 2. The molecule has 0 aromatic heterocycles. The molecule has 24 heavy (non-hydrogen) atoms. The Balaban J connectivity index is 1.69. The van der Waals surface area contributed by atoms with E-state index in [0.29, 0.717) is 11.4 Å². The van der Waals surface area contributed by atoms with Crippen LogP contribution in [0, 0.1) is 6.92 Å². The summed E-state index contributed by atoms with van der Waals surface area (Å²) >= 11 is 5.88. The Morgan fingerprint density at radius 2 is 1.88 bits per heavy atom. The second-order valence-corrected chi connectivity index (χ2v) is 6.39. The van der Waals surface area contributed by atoms with Crippen LogP contribution in [0.5, 0.6) is 0 Å². The van der Waals surface area contributed by atoms with Gasteiger partial charge in [-0.3, -0.25) is 4.79 Å². The highest BCUT2D eigenvalue weighted by Gasteiger charge is 2.13. The van der Waals surface area contributed by atoms with Crippen molar-refractivity contribution >= 4 is 28.9 Å². The SMILES string of the molecule is Cc1ccc(N2CCOCC2)cc1NC(=O)Cc1ccc(Cl)cc1. The molecule has 2 aromatic rings. The van der Waals surface area contributed by atoms with Crippen molar-refractivity contribution in [3.05, 3.63) is 58.6 Å². The number of amides is 1. The molecule has 0 unspecified atom stereocenters. The first kappa shape index (κ1) is 16.8. The molecule has 1 amide bonds. The molecule has 2 aromatic carbocycles. The normalized spacial score (nSPS) is 14.5. The Bertz CT molecular complexity index is 710. The van der Waals surface area contributed by atoms with E-state index in [1.54, 1.807) is 12.1 Å². The summed E-state index contributed by atoms with van der Waals surface area (Å²) in [6, 6.07) is 13.5. The zero-order valence-corrected chi connectivity index (χ0v) is 14.5. The predicted molar refractivity (Wildman–Crippen MR) is 98.0 cm³/mol. The van der Waals surface area contributed by atoms with Crippen LogP contribution < -0.4 is 10.2 Å². The number of hydrogen-bond donors (Lipinski definition) is 1. The average molecular weight is 345 g/mol. The number of aryl methyl sites for hydroxylation is 1. The van der Waals surface area contributed by atoms with Gasteiger partial charge in [-0.25, -0.2) is 0 Å². The van der Waals surface area contributed by atoms with Gasteiger partial charge in [-0.2, -0.15) is 0 Å². The van der Waals surface area contributed by atoms with Crippen LogP contribution in [0.2, 0.25) is 5.02 Å². The number of carbonyl (C=O) groups is 1. The molecule has 1 aliphatic heterocycles. The number of carbonyl (C=O) groups excluding carboxylic acids is 1. The number of nitrogens with zero attached hydrogens (tertiary/aromatic N) is 1. The molecule has 5 heteroatoms.